The summed E-state index contributed by atoms with van der Waals surface area (Å²) in [5.41, 5.74) is 1.11. The Bertz CT molecular complexity index is 356. The number of hydrogen-bond donors (Lipinski definition) is 1. The van der Waals surface area contributed by atoms with Gasteiger partial charge in [0.15, 0.2) is 11.5 Å². The van der Waals surface area contributed by atoms with E-state index >= 15 is 0 Å². The zero-order valence-electron chi connectivity index (χ0n) is 10.8. The molecule has 0 saturated carbocycles. The molecule has 0 spiro atoms. The predicted molar refractivity (Wildman–Crippen MR) is 71.6 cm³/mol. The van der Waals surface area contributed by atoms with Gasteiger partial charge in [-0.25, -0.2) is 0 Å². The highest BCUT2D eigenvalue weighted by Crippen LogP contribution is 2.27. The first-order valence-electron chi connectivity index (χ1n) is 6.19. The minimum Gasteiger partial charge on any atom is -0.504 e. The molecule has 0 fully saturated rings. The molecule has 0 aromatic heterocycles. The van der Waals surface area contributed by atoms with Crippen LogP contribution in [0.15, 0.2) is 30.9 Å². The SMILES string of the molecule is C=CCc1ccc(O)c(OCCCC(C)C)c1. The van der Waals surface area contributed by atoms with Crippen molar-refractivity contribution in [2.75, 3.05) is 6.61 Å². The predicted octanol–water partition coefficient (Wildman–Crippen LogP) is 3.94. The van der Waals surface area contributed by atoms with Gasteiger partial charge in [0.1, 0.15) is 0 Å². The maximum absolute atomic E-state index is 9.66. The summed E-state index contributed by atoms with van der Waals surface area (Å²) < 4.78 is 5.59. The van der Waals surface area contributed by atoms with Gasteiger partial charge in [0.25, 0.3) is 0 Å². The third kappa shape index (κ3) is 4.94. The van der Waals surface area contributed by atoms with E-state index in [-0.39, 0.29) is 5.75 Å². The number of phenolic OH excluding ortho intramolecular Hbond substituents is 1. The lowest BCUT2D eigenvalue weighted by molar-refractivity contribution is 0.283. The van der Waals surface area contributed by atoms with Crippen molar-refractivity contribution in [2.24, 2.45) is 5.92 Å². The summed E-state index contributed by atoms with van der Waals surface area (Å²) in [6, 6.07) is 5.45. The molecule has 0 bridgehead atoms. The van der Waals surface area contributed by atoms with Crippen LogP contribution in [-0.4, -0.2) is 11.7 Å². The van der Waals surface area contributed by atoms with Crippen LogP contribution in [-0.2, 0) is 6.42 Å². The van der Waals surface area contributed by atoms with Crippen molar-refractivity contribution in [3.8, 4) is 11.5 Å². The quantitative estimate of drug-likeness (QED) is 0.572. The molecule has 2 heteroatoms. The summed E-state index contributed by atoms with van der Waals surface area (Å²) in [5.74, 6) is 1.48. The van der Waals surface area contributed by atoms with Gasteiger partial charge < -0.3 is 9.84 Å². The highest BCUT2D eigenvalue weighted by atomic mass is 16.5. The Morgan fingerprint density at radius 2 is 2.18 bits per heavy atom. The Labute approximate surface area is 104 Å². The molecule has 0 heterocycles. The van der Waals surface area contributed by atoms with Crippen molar-refractivity contribution < 1.29 is 9.84 Å². The average Bonchev–Trinajstić information content (AvgIpc) is 2.28. The van der Waals surface area contributed by atoms with E-state index in [2.05, 4.69) is 20.4 Å². The van der Waals surface area contributed by atoms with Gasteiger partial charge in [-0.3, -0.25) is 0 Å². The van der Waals surface area contributed by atoms with Gasteiger partial charge in [0.05, 0.1) is 6.61 Å². The summed E-state index contributed by atoms with van der Waals surface area (Å²) in [6.07, 6.45) is 4.80. The Balaban J connectivity index is 2.51. The maximum Gasteiger partial charge on any atom is 0.161 e. The third-order valence-electron chi connectivity index (χ3n) is 2.59. The molecule has 0 aliphatic rings. The van der Waals surface area contributed by atoms with E-state index in [0.29, 0.717) is 18.3 Å². The molecule has 0 saturated heterocycles. The lowest BCUT2D eigenvalue weighted by atomic mass is 10.1. The number of phenols is 1. The molecule has 0 aliphatic carbocycles. The standard InChI is InChI=1S/C15H22O2/c1-4-6-13-8-9-14(16)15(11-13)17-10-5-7-12(2)3/h4,8-9,11-12,16H,1,5-7,10H2,2-3H3. The van der Waals surface area contributed by atoms with Crippen molar-refractivity contribution >= 4 is 0 Å². The summed E-state index contributed by atoms with van der Waals surface area (Å²) in [5, 5.41) is 9.66. The molecule has 0 atom stereocenters. The molecule has 1 aromatic rings. The van der Waals surface area contributed by atoms with Crippen molar-refractivity contribution in [3.63, 3.8) is 0 Å². The van der Waals surface area contributed by atoms with Crippen LogP contribution in [0.25, 0.3) is 0 Å². The van der Waals surface area contributed by atoms with Gasteiger partial charge in [0, 0.05) is 0 Å². The largest absolute Gasteiger partial charge is 0.504 e. The molecule has 94 valence electrons. The Morgan fingerprint density at radius 3 is 2.82 bits per heavy atom. The maximum atomic E-state index is 9.66. The smallest absolute Gasteiger partial charge is 0.161 e. The highest BCUT2D eigenvalue weighted by molar-refractivity contribution is 5.42. The third-order valence-corrected chi connectivity index (χ3v) is 2.59. The fraction of sp³-hybridized carbons (Fsp3) is 0.467. The van der Waals surface area contributed by atoms with Gasteiger partial charge in [-0.2, -0.15) is 0 Å². The Kier molecular flexibility index (Phi) is 5.61. The topological polar surface area (TPSA) is 29.5 Å². The van der Waals surface area contributed by atoms with Crippen LogP contribution >= 0.6 is 0 Å². The molecular weight excluding hydrogens is 212 g/mol. The number of benzene rings is 1. The number of rotatable bonds is 7. The summed E-state index contributed by atoms with van der Waals surface area (Å²) in [4.78, 5) is 0. The van der Waals surface area contributed by atoms with Crippen molar-refractivity contribution in [2.45, 2.75) is 33.1 Å². The van der Waals surface area contributed by atoms with Crippen molar-refractivity contribution in [1.29, 1.82) is 0 Å². The van der Waals surface area contributed by atoms with Crippen LogP contribution in [0, 0.1) is 5.92 Å². The fourth-order valence-corrected chi connectivity index (χ4v) is 1.64. The molecule has 0 unspecified atom stereocenters. The second kappa shape index (κ2) is 7.00. The van der Waals surface area contributed by atoms with E-state index in [0.717, 1.165) is 24.8 Å². The minimum absolute atomic E-state index is 0.211. The molecule has 0 radical (unpaired) electrons. The Morgan fingerprint density at radius 1 is 1.41 bits per heavy atom. The monoisotopic (exact) mass is 234 g/mol. The zero-order valence-corrected chi connectivity index (χ0v) is 10.8. The summed E-state index contributed by atoms with van der Waals surface area (Å²) >= 11 is 0. The van der Waals surface area contributed by atoms with E-state index in [9.17, 15) is 5.11 Å². The molecule has 1 aromatic carbocycles. The normalized spacial score (nSPS) is 10.5. The average molecular weight is 234 g/mol. The van der Waals surface area contributed by atoms with E-state index in [1.807, 2.05) is 18.2 Å². The van der Waals surface area contributed by atoms with E-state index in [4.69, 9.17) is 4.74 Å². The first-order valence-corrected chi connectivity index (χ1v) is 6.19. The highest BCUT2D eigenvalue weighted by Gasteiger charge is 2.03. The molecule has 2 nitrogen and oxygen atoms in total. The van der Waals surface area contributed by atoms with E-state index in [1.165, 1.54) is 0 Å². The first-order chi connectivity index (χ1) is 8.13. The second-order valence-electron chi connectivity index (χ2n) is 4.68. The Hall–Kier alpha value is -1.44. The minimum atomic E-state index is 0.211. The molecule has 0 amide bonds. The molecule has 1 N–H and O–H groups in total. The van der Waals surface area contributed by atoms with Crippen molar-refractivity contribution in [3.05, 3.63) is 36.4 Å². The lowest BCUT2D eigenvalue weighted by Crippen LogP contribution is -2.00. The number of ether oxygens (including phenoxy) is 1. The zero-order chi connectivity index (χ0) is 12.7. The fourth-order valence-electron chi connectivity index (χ4n) is 1.64. The van der Waals surface area contributed by atoms with Crippen LogP contribution in [0.3, 0.4) is 0 Å². The molecular formula is C15H22O2. The van der Waals surface area contributed by atoms with Crippen LogP contribution in [0.2, 0.25) is 0 Å². The van der Waals surface area contributed by atoms with Gasteiger partial charge in [0.2, 0.25) is 0 Å². The molecule has 17 heavy (non-hydrogen) atoms. The van der Waals surface area contributed by atoms with Crippen LogP contribution in [0.1, 0.15) is 32.3 Å². The number of allylic oxidation sites excluding steroid dienone is 1. The lowest BCUT2D eigenvalue weighted by Gasteiger charge is -2.10. The van der Waals surface area contributed by atoms with E-state index < -0.39 is 0 Å². The molecule has 0 aliphatic heterocycles. The van der Waals surface area contributed by atoms with Gasteiger partial charge >= 0.3 is 0 Å². The van der Waals surface area contributed by atoms with Crippen LogP contribution in [0.4, 0.5) is 0 Å². The number of hydrogen-bond acceptors (Lipinski definition) is 2. The van der Waals surface area contributed by atoms with Gasteiger partial charge in [-0.05, 0) is 42.9 Å². The number of aromatic hydroxyl groups is 1. The van der Waals surface area contributed by atoms with Crippen molar-refractivity contribution in [1.82, 2.24) is 0 Å². The second-order valence-corrected chi connectivity index (χ2v) is 4.68. The summed E-state index contributed by atoms with van der Waals surface area (Å²) in [6.45, 7) is 8.75. The summed E-state index contributed by atoms with van der Waals surface area (Å²) in [7, 11) is 0. The first kappa shape index (κ1) is 13.6. The van der Waals surface area contributed by atoms with E-state index in [1.54, 1.807) is 6.07 Å². The van der Waals surface area contributed by atoms with Gasteiger partial charge in [-0.1, -0.05) is 26.0 Å². The van der Waals surface area contributed by atoms with Crippen LogP contribution in [0.5, 0.6) is 11.5 Å². The van der Waals surface area contributed by atoms with Gasteiger partial charge in [-0.15, -0.1) is 6.58 Å². The van der Waals surface area contributed by atoms with Crippen LogP contribution < -0.4 is 4.74 Å². The molecule has 1 rings (SSSR count).